The van der Waals surface area contributed by atoms with Crippen molar-refractivity contribution in [2.24, 2.45) is 0 Å². The fraction of sp³-hybridized carbons (Fsp3) is 0.154. The van der Waals surface area contributed by atoms with Crippen LogP contribution in [0.1, 0.15) is 30.0 Å². The molecule has 0 aliphatic carbocycles. The van der Waals surface area contributed by atoms with Gasteiger partial charge in [-0.15, -0.1) is 0 Å². The van der Waals surface area contributed by atoms with E-state index in [0.717, 1.165) is 5.57 Å². The van der Waals surface area contributed by atoms with Crippen molar-refractivity contribution in [3.63, 3.8) is 0 Å². The van der Waals surface area contributed by atoms with E-state index in [-0.39, 0.29) is 11.5 Å². The van der Waals surface area contributed by atoms with Crippen molar-refractivity contribution in [1.29, 1.82) is 0 Å². The van der Waals surface area contributed by atoms with Crippen LogP contribution < -0.4 is 0 Å². The van der Waals surface area contributed by atoms with E-state index in [2.05, 4.69) is 6.58 Å². The summed E-state index contributed by atoms with van der Waals surface area (Å²) < 4.78 is 5.47. The number of allylic oxidation sites excluding steroid dienone is 1. The molecule has 0 amide bonds. The molecule has 1 N–H and O–H groups in total. The van der Waals surface area contributed by atoms with Gasteiger partial charge in [-0.25, -0.2) is 0 Å². The van der Waals surface area contributed by atoms with Gasteiger partial charge in [0.2, 0.25) is 0 Å². The summed E-state index contributed by atoms with van der Waals surface area (Å²) in [4.78, 5) is 11.2. The molecule has 2 aromatic rings. The van der Waals surface area contributed by atoms with Crippen LogP contribution in [-0.4, -0.2) is 10.9 Å². The number of aromatic hydroxyl groups is 1. The van der Waals surface area contributed by atoms with Gasteiger partial charge in [-0.05, 0) is 37.6 Å². The van der Waals surface area contributed by atoms with Gasteiger partial charge in [-0.1, -0.05) is 6.58 Å². The van der Waals surface area contributed by atoms with Crippen LogP contribution in [0.5, 0.6) is 5.75 Å². The number of carbonyl (C=O) groups excluding carboxylic acids is 1. The highest BCUT2D eigenvalue weighted by molar-refractivity contribution is 6.03. The van der Waals surface area contributed by atoms with Gasteiger partial charge in [0.15, 0.2) is 5.78 Å². The largest absolute Gasteiger partial charge is 0.506 e. The zero-order valence-electron chi connectivity index (χ0n) is 9.20. The van der Waals surface area contributed by atoms with E-state index in [1.54, 1.807) is 18.2 Å². The molecule has 0 aliphatic rings. The number of hydrogen-bond donors (Lipinski definition) is 1. The van der Waals surface area contributed by atoms with Gasteiger partial charge in [0.05, 0.1) is 10.9 Å². The van der Waals surface area contributed by atoms with E-state index in [1.165, 1.54) is 6.92 Å². The summed E-state index contributed by atoms with van der Waals surface area (Å²) in [5, 5.41) is 10.5. The van der Waals surface area contributed by atoms with Gasteiger partial charge in [-0.2, -0.15) is 0 Å². The fourth-order valence-corrected chi connectivity index (χ4v) is 1.59. The van der Waals surface area contributed by atoms with Crippen molar-refractivity contribution in [3.05, 3.63) is 36.1 Å². The second kappa shape index (κ2) is 3.52. The van der Waals surface area contributed by atoms with Gasteiger partial charge < -0.3 is 9.52 Å². The van der Waals surface area contributed by atoms with Crippen LogP contribution in [0.25, 0.3) is 16.5 Å². The monoisotopic (exact) mass is 216 g/mol. The molecule has 1 heterocycles. The van der Waals surface area contributed by atoms with Crippen LogP contribution in [0.15, 0.2) is 29.2 Å². The van der Waals surface area contributed by atoms with Crippen molar-refractivity contribution in [2.45, 2.75) is 13.8 Å². The highest BCUT2D eigenvalue weighted by atomic mass is 16.3. The van der Waals surface area contributed by atoms with Crippen molar-refractivity contribution < 1.29 is 14.3 Å². The first-order valence-corrected chi connectivity index (χ1v) is 4.93. The maximum atomic E-state index is 11.2. The summed E-state index contributed by atoms with van der Waals surface area (Å²) in [6, 6.07) is 4.93. The molecule has 0 spiro atoms. The Kier molecular flexibility index (Phi) is 2.31. The number of fused-ring (bicyclic) bond motifs is 1. The lowest BCUT2D eigenvalue weighted by Gasteiger charge is -1.99. The third-order valence-corrected chi connectivity index (χ3v) is 2.47. The first kappa shape index (κ1) is 10.5. The van der Waals surface area contributed by atoms with Gasteiger partial charge in [0, 0.05) is 0 Å². The predicted octanol–water partition coefficient (Wildman–Crippen LogP) is 3.37. The minimum Gasteiger partial charge on any atom is -0.506 e. The Labute approximate surface area is 93.0 Å². The average Bonchev–Trinajstić information content (AvgIpc) is 2.62. The Hall–Kier alpha value is -2.03. The standard InChI is InChI=1S/C13H12O3/c1-7(2)12-6-10-11(16-12)5-4-9(8(3)14)13(10)15/h4-6,15H,1H2,2-3H3. The quantitative estimate of drug-likeness (QED) is 0.783. The van der Waals surface area contributed by atoms with E-state index >= 15 is 0 Å². The number of phenolic OH excluding ortho intramolecular Hbond substituents is 1. The number of hydrogen-bond acceptors (Lipinski definition) is 3. The highest BCUT2D eigenvalue weighted by Crippen LogP contribution is 2.33. The SMILES string of the molecule is C=C(C)c1cc2c(O)c(C(C)=O)ccc2o1. The summed E-state index contributed by atoms with van der Waals surface area (Å²) in [7, 11) is 0. The Morgan fingerprint density at radius 3 is 2.62 bits per heavy atom. The number of furan rings is 1. The van der Waals surface area contributed by atoms with E-state index in [0.29, 0.717) is 22.3 Å². The summed E-state index contributed by atoms with van der Waals surface area (Å²) in [6.07, 6.45) is 0. The molecule has 3 nitrogen and oxygen atoms in total. The molecule has 0 radical (unpaired) electrons. The van der Waals surface area contributed by atoms with E-state index in [9.17, 15) is 9.90 Å². The van der Waals surface area contributed by atoms with Crippen LogP contribution in [0.2, 0.25) is 0 Å². The second-order valence-corrected chi connectivity index (χ2v) is 3.82. The smallest absolute Gasteiger partial charge is 0.163 e. The number of carbonyl (C=O) groups is 1. The van der Waals surface area contributed by atoms with Gasteiger partial charge in [0.25, 0.3) is 0 Å². The Morgan fingerprint density at radius 2 is 2.06 bits per heavy atom. The van der Waals surface area contributed by atoms with E-state index in [4.69, 9.17) is 4.42 Å². The molecular formula is C13H12O3. The van der Waals surface area contributed by atoms with E-state index < -0.39 is 0 Å². The van der Waals surface area contributed by atoms with Crippen molar-refractivity contribution >= 4 is 22.3 Å². The topological polar surface area (TPSA) is 50.4 Å². The predicted molar refractivity (Wildman–Crippen MR) is 62.6 cm³/mol. The molecule has 82 valence electrons. The van der Waals surface area contributed by atoms with Gasteiger partial charge in [0.1, 0.15) is 17.1 Å². The van der Waals surface area contributed by atoms with Gasteiger partial charge in [-0.3, -0.25) is 4.79 Å². The molecular weight excluding hydrogens is 204 g/mol. The molecule has 0 atom stereocenters. The van der Waals surface area contributed by atoms with Crippen LogP contribution in [0.3, 0.4) is 0 Å². The van der Waals surface area contributed by atoms with Crippen LogP contribution >= 0.6 is 0 Å². The number of Topliss-reactive ketones (excluding diaryl/α,β-unsaturated/α-hetero) is 1. The third-order valence-electron chi connectivity index (χ3n) is 2.47. The summed E-state index contributed by atoms with van der Waals surface area (Å²) in [6.45, 7) is 7.00. The minimum absolute atomic E-state index is 0.0266. The number of rotatable bonds is 2. The van der Waals surface area contributed by atoms with Crippen LogP contribution in [-0.2, 0) is 0 Å². The molecule has 0 fully saturated rings. The normalized spacial score (nSPS) is 10.6. The number of benzene rings is 1. The molecule has 0 aliphatic heterocycles. The molecule has 1 aromatic carbocycles. The zero-order valence-corrected chi connectivity index (χ0v) is 9.20. The lowest BCUT2D eigenvalue weighted by Crippen LogP contribution is -1.91. The molecule has 0 saturated heterocycles. The van der Waals surface area contributed by atoms with Crippen LogP contribution in [0, 0.1) is 0 Å². The van der Waals surface area contributed by atoms with Crippen molar-refractivity contribution in [3.8, 4) is 5.75 Å². The summed E-state index contributed by atoms with van der Waals surface area (Å²) in [5.74, 6) is 0.421. The molecule has 1 aromatic heterocycles. The van der Waals surface area contributed by atoms with Crippen molar-refractivity contribution in [1.82, 2.24) is 0 Å². The molecule has 0 bridgehead atoms. The number of ketones is 1. The summed E-state index contributed by atoms with van der Waals surface area (Å²) >= 11 is 0. The molecule has 3 heteroatoms. The molecule has 16 heavy (non-hydrogen) atoms. The maximum absolute atomic E-state index is 11.2. The zero-order chi connectivity index (χ0) is 11.9. The average molecular weight is 216 g/mol. The Bertz CT molecular complexity index is 590. The highest BCUT2D eigenvalue weighted by Gasteiger charge is 2.14. The molecule has 0 unspecified atom stereocenters. The number of phenols is 1. The molecule has 0 saturated carbocycles. The second-order valence-electron chi connectivity index (χ2n) is 3.82. The van der Waals surface area contributed by atoms with Gasteiger partial charge >= 0.3 is 0 Å². The summed E-state index contributed by atoms with van der Waals surface area (Å²) in [5.41, 5.74) is 1.64. The minimum atomic E-state index is -0.169. The maximum Gasteiger partial charge on any atom is 0.163 e. The third kappa shape index (κ3) is 1.50. The van der Waals surface area contributed by atoms with E-state index in [1.807, 2.05) is 6.92 Å². The molecule has 2 rings (SSSR count). The fourth-order valence-electron chi connectivity index (χ4n) is 1.59. The lowest BCUT2D eigenvalue weighted by atomic mass is 10.1. The lowest BCUT2D eigenvalue weighted by molar-refractivity contribution is 0.101. The first-order valence-electron chi connectivity index (χ1n) is 4.93. The Balaban J connectivity index is 2.74. The first-order chi connectivity index (χ1) is 7.50. The van der Waals surface area contributed by atoms with Crippen LogP contribution in [0.4, 0.5) is 0 Å². The van der Waals surface area contributed by atoms with Crippen molar-refractivity contribution in [2.75, 3.05) is 0 Å². The Morgan fingerprint density at radius 1 is 1.38 bits per heavy atom.